The summed E-state index contributed by atoms with van der Waals surface area (Å²) in [4.78, 5) is 12.9. The number of amides is 1. The molecule has 0 aliphatic carbocycles. The van der Waals surface area contributed by atoms with E-state index in [1.165, 1.54) is 0 Å². The number of aromatic nitrogens is 2. The minimum absolute atomic E-state index is 0.0506. The molecule has 1 N–H and O–H groups in total. The number of carbonyl (C=O) groups is 1. The third-order valence-corrected chi connectivity index (χ3v) is 7.27. The van der Waals surface area contributed by atoms with E-state index in [4.69, 9.17) is 0 Å². The predicted molar refractivity (Wildman–Crippen MR) is 117 cm³/mol. The highest BCUT2D eigenvalue weighted by Crippen LogP contribution is 2.30. The van der Waals surface area contributed by atoms with Gasteiger partial charge in [0.15, 0.2) is 15.5 Å². The van der Waals surface area contributed by atoms with E-state index in [0.717, 1.165) is 22.4 Å². The molecule has 6 nitrogen and oxygen atoms in total. The molecule has 1 aliphatic heterocycles. The molecule has 1 fully saturated rings. The predicted octanol–water partition coefficient (Wildman–Crippen LogP) is 3.71. The standard InChI is InChI=1S/C23H25N3O3S/c1-16-8-10-19(11-9-16)22-14-21(25-26(22)20-12-13-30(28,29)15-20)23(27)24-17(2)18-6-4-3-5-7-18/h3-11,14,17,20H,12-13,15H2,1-2H3,(H,24,27). The molecule has 2 unspecified atom stereocenters. The van der Waals surface area contributed by atoms with E-state index in [2.05, 4.69) is 10.4 Å². The smallest absolute Gasteiger partial charge is 0.272 e. The Kier molecular flexibility index (Phi) is 5.47. The van der Waals surface area contributed by atoms with Crippen LogP contribution in [0.5, 0.6) is 0 Å². The molecule has 156 valence electrons. The van der Waals surface area contributed by atoms with Gasteiger partial charge in [-0.2, -0.15) is 5.10 Å². The lowest BCUT2D eigenvalue weighted by atomic mass is 10.1. The van der Waals surface area contributed by atoms with Crippen LogP contribution in [0.15, 0.2) is 60.7 Å². The molecule has 1 aromatic heterocycles. The number of aryl methyl sites for hydroxylation is 1. The number of nitrogens with zero attached hydrogens (tertiary/aromatic N) is 2. The second-order valence-corrected chi connectivity index (χ2v) is 10.1. The maximum Gasteiger partial charge on any atom is 0.272 e. The van der Waals surface area contributed by atoms with Gasteiger partial charge in [0.05, 0.1) is 29.3 Å². The van der Waals surface area contributed by atoms with Crippen LogP contribution in [0.25, 0.3) is 11.3 Å². The van der Waals surface area contributed by atoms with Crippen LogP contribution in [0.4, 0.5) is 0 Å². The molecule has 7 heteroatoms. The zero-order chi connectivity index (χ0) is 21.3. The Bertz CT molecular complexity index is 1150. The molecular weight excluding hydrogens is 398 g/mol. The van der Waals surface area contributed by atoms with Crippen molar-refractivity contribution < 1.29 is 13.2 Å². The highest BCUT2D eigenvalue weighted by molar-refractivity contribution is 7.91. The summed E-state index contributed by atoms with van der Waals surface area (Å²) in [5.41, 5.74) is 4.09. The molecular formula is C23H25N3O3S. The van der Waals surface area contributed by atoms with E-state index in [1.54, 1.807) is 10.7 Å². The van der Waals surface area contributed by atoms with Gasteiger partial charge in [-0.15, -0.1) is 0 Å². The zero-order valence-corrected chi connectivity index (χ0v) is 17.9. The van der Waals surface area contributed by atoms with Gasteiger partial charge in [0.25, 0.3) is 5.91 Å². The van der Waals surface area contributed by atoms with Crippen LogP contribution in [0, 0.1) is 6.92 Å². The average molecular weight is 424 g/mol. The molecule has 0 bridgehead atoms. The summed E-state index contributed by atoms with van der Waals surface area (Å²) in [5, 5.41) is 7.53. The van der Waals surface area contributed by atoms with Gasteiger partial charge in [0, 0.05) is 0 Å². The molecule has 1 saturated heterocycles. The first-order chi connectivity index (χ1) is 14.3. The van der Waals surface area contributed by atoms with Crippen molar-refractivity contribution >= 4 is 15.7 Å². The quantitative estimate of drug-likeness (QED) is 0.678. The number of carbonyl (C=O) groups excluding carboxylic acids is 1. The molecule has 2 aromatic carbocycles. The van der Waals surface area contributed by atoms with Gasteiger partial charge in [0.1, 0.15) is 0 Å². The molecule has 1 amide bonds. The fraction of sp³-hybridized carbons (Fsp3) is 0.304. The maximum atomic E-state index is 12.9. The van der Waals surface area contributed by atoms with Crippen molar-refractivity contribution in [1.82, 2.24) is 15.1 Å². The van der Waals surface area contributed by atoms with E-state index in [9.17, 15) is 13.2 Å². The largest absolute Gasteiger partial charge is 0.344 e. The lowest BCUT2D eigenvalue weighted by Crippen LogP contribution is -2.27. The Morgan fingerprint density at radius 2 is 1.83 bits per heavy atom. The second kappa shape index (κ2) is 8.07. The molecule has 0 spiro atoms. The Balaban J connectivity index is 1.66. The van der Waals surface area contributed by atoms with Crippen LogP contribution in [0.3, 0.4) is 0 Å². The van der Waals surface area contributed by atoms with Crippen molar-refractivity contribution in [3.63, 3.8) is 0 Å². The Morgan fingerprint density at radius 1 is 1.13 bits per heavy atom. The number of sulfone groups is 1. The molecule has 2 heterocycles. The van der Waals surface area contributed by atoms with Crippen LogP contribution in [0.1, 0.15) is 47.0 Å². The molecule has 1 aliphatic rings. The first-order valence-electron chi connectivity index (χ1n) is 10.1. The molecule has 0 saturated carbocycles. The van der Waals surface area contributed by atoms with Crippen molar-refractivity contribution in [3.05, 3.63) is 77.5 Å². The van der Waals surface area contributed by atoms with Gasteiger partial charge in [0.2, 0.25) is 0 Å². The Labute approximate surface area is 176 Å². The SMILES string of the molecule is Cc1ccc(-c2cc(C(=O)NC(C)c3ccccc3)nn2C2CCS(=O)(=O)C2)cc1. The maximum absolute atomic E-state index is 12.9. The lowest BCUT2D eigenvalue weighted by Gasteiger charge is -2.14. The number of rotatable bonds is 5. The molecule has 4 rings (SSSR count). The highest BCUT2D eigenvalue weighted by atomic mass is 32.2. The van der Waals surface area contributed by atoms with Crippen molar-refractivity contribution in [2.24, 2.45) is 0 Å². The van der Waals surface area contributed by atoms with Crippen LogP contribution in [-0.2, 0) is 9.84 Å². The van der Waals surface area contributed by atoms with Crippen LogP contribution < -0.4 is 5.32 Å². The highest BCUT2D eigenvalue weighted by Gasteiger charge is 2.32. The van der Waals surface area contributed by atoms with E-state index in [-0.39, 0.29) is 35.2 Å². The van der Waals surface area contributed by atoms with Gasteiger partial charge < -0.3 is 5.32 Å². The van der Waals surface area contributed by atoms with E-state index in [0.29, 0.717) is 6.42 Å². The molecule has 30 heavy (non-hydrogen) atoms. The minimum Gasteiger partial charge on any atom is -0.344 e. The summed E-state index contributed by atoms with van der Waals surface area (Å²) in [6.45, 7) is 3.93. The van der Waals surface area contributed by atoms with Crippen molar-refractivity contribution in [2.45, 2.75) is 32.4 Å². The van der Waals surface area contributed by atoms with Crippen LogP contribution in [-0.4, -0.2) is 35.6 Å². The number of hydrogen-bond donors (Lipinski definition) is 1. The average Bonchev–Trinajstić information content (AvgIpc) is 3.32. The second-order valence-electron chi connectivity index (χ2n) is 7.89. The fourth-order valence-corrected chi connectivity index (χ4v) is 5.48. The van der Waals surface area contributed by atoms with Gasteiger partial charge in [-0.05, 0) is 37.5 Å². The summed E-state index contributed by atoms with van der Waals surface area (Å²) in [6.07, 6.45) is 0.504. The Morgan fingerprint density at radius 3 is 2.47 bits per heavy atom. The summed E-state index contributed by atoms with van der Waals surface area (Å²) in [7, 11) is -3.08. The van der Waals surface area contributed by atoms with E-state index >= 15 is 0 Å². The van der Waals surface area contributed by atoms with E-state index < -0.39 is 9.84 Å². The molecule has 0 radical (unpaired) electrons. The summed E-state index contributed by atoms with van der Waals surface area (Å²) in [5.74, 6) is -0.0776. The summed E-state index contributed by atoms with van der Waals surface area (Å²) in [6, 6.07) is 19.0. The summed E-state index contributed by atoms with van der Waals surface area (Å²) < 4.78 is 25.8. The van der Waals surface area contributed by atoms with E-state index in [1.807, 2.05) is 68.4 Å². The normalized spacial score (nSPS) is 18.8. The fourth-order valence-electron chi connectivity index (χ4n) is 3.79. The van der Waals surface area contributed by atoms with Crippen molar-refractivity contribution in [1.29, 1.82) is 0 Å². The van der Waals surface area contributed by atoms with Crippen molar-refractivity contribution in [2.75, 3.05) is 11.5 Å². The van der Waals surface area contributed by atoms with Crippen LogP contribution >= 0.6 is 0 Å². The first-order valence-corrected chi connectivity index (χ1v) is 11.9. The number of hydrogen-bond acceptors (Lipinski definition) is 4. The lowest BCUT2D eigenvalue weighted by molar-refractivity contribution is 0.0933. The molecule has 2 atom stereocenters. The topological polar surface area (TPSA) is 81.1 Å². The van der Waals surface area contributed by atoms with Gasteiger partial charge in [-0.25, -0.2) is 8.42 Å². The number of benzene rings is 2. The summed E-state index contributed by atoms with van der Waals surface area (Å²) >= 11 is 0. The van der Waals surface area contributed by atoms with Crippen molar-refractivity contribution in [3.8, 4) is 11.3 Å². The zero-order valence-electron chi connectivity index (χ0n) is 17.1. The third-order valence-electron chi connectivity index (χ3n) is 5.52. The number of nitrogens with one attached hydrogen (secondary N) is 1. The monoisotopic (exact) mass is 423 g/mol. The Hall–Kier alpha value is -2.93. The first kappa shape index (κ1) is 20.3. The third kappa shape index (κ3) is 4.31. The minimum atomic E-state index is -3.08. The van der Waals surface area contributed by atoms with Crippen LogP contribution in [0.2, 0.25) is 0 Å². The molecule has 3 aromatic rings. The van der Waals surface area contributed by atoms with Gasteiger partial charge >= 0.3 is 0 Å². The van der Waals surface area contributed by atoms with Gasteiger partial charge in [-0.3, -0.25) is 9.48 Å². The van der Waals surface area contributed by atoms with Gasteiger partial charge in [-0.1, -0.05) is 60.2 Å².